The molecule has 4 heteroatoms. The van der Waals surface area contributed by atoms with Crippen molar-refractivity contribution in [3.05, 3.63) is 70.5 Å². The number of hydrogen-bond donors (Lipinski definition) is 2. The van der Waals surface area contributed by atoms with E-state index in [1.54, 1.807) is 0 Å². The van der Waals surface area contributed by atoms with Crippen molar-refractivity contribution in [1.29, 1.82) is 0 Å². The quantitative estimate of drug-likeness (QED) is 0.895. The Labute approximate surface area is 110 Å². The van der Waals surface area contributed by atoms with E-state index in [2.05, 4.69) is 0 Å². The predicted octanol–water partition coefficient (Wildman–Crippen LogP) is 3.21. The maximum atomic E-state index is 13.0. The highest BCUT2D eigenvalue weighted by Crippen LogP contribution is 2.28. The molecule has 0 aliphatic heterocycles. The van der Waals surface area contributed by atoms with Gasteiger partial charge in [-0.25, -0.2) is 4.39 Å². The normalized spacial score (nSPS) is 14.2. The highest BCUT2D eigenvalue weighted by atomic mass is 35.5. The van der Waals surface area contributed by atoms with E-state index >= 15 is 0 Å². The summed E-state index contributed by atoms with van der Waals surface area (Å²) < 4.78 is 13.0. The molecule has 2 aromatic carbocycles. The summed E-state index contributed by atoms with van der Waals surface area (Å²) in [6.45, 7) is 0. The van der Waals surface area contributed by atoms with Gasteiger partial charge in [-0.1, -0.05) is 48.0 Å². The van der Waals surface area contributed by atoms with E-state index in [0.717, 1.165) is 5.56 Å². The van der Waals surface area contributed by atoms with Crippen molar-refractivity contribution in [1.82, 2.24) is 0 Å². The van der Waals surface area contributed by atoms with Crippen LogP contribution in [-0.4, -0.2) is 5.11 Å². The van der Waals surface area contributed by atoms with Crippen LogP contribution in [-0.2, 0) is 0 Å². The Hall–Kier alpha value is -1.42. The monoisotopic (exact) mass is 265 g/mol. The number of aliphatic hydroxyl groups excluding tert-OH is 1. The minimum absolute atomic E-state index is 0.0215. The SMILES string of the molecule is NC(c1ccccc1)C(O)c1ccc(F)c(Cl)c1. The Balaban J connectivity index is 2.25. The van der Waals surface area contributed by atoms with Crippen molar-refractivity contribution in [3.8, 4) is 0 Å². The Morgan fingerprint density at radius 2 is 1.72 bits per heavy atom. The summed E-state index contributed by atoms with van der Waals surface area (Å²) in [6, 6.07) is 12.7. The minimum atomic E-state index is -0.925. The van der Waals surface area contributed by atoms with Crippen molar-refractivity contribution >= 4 is 11.6 Å². The van der Waals surface area contributed by atoms with Crippen molar-refractivity contribution < 1.29 is 9.50 Å². The van der Waals surface area contributed by atoms with Crippen LogP contribution < -0.4 is 5.73 Å². The highest BCUT2D eigenvalue weighted by molar-refractivity contribution is 6.30. The van der Waals surface area contributed by atoms with Crippen molar-refractivity contribution in [2.24, 2.45) is 5.73 Å². The second-order valence-electron chi connectivity index (χ2n) is 4.05. The second-order valence-corrected chi connectivity index (χ2v) is 4.46. The number of aliphatic hydroxyl groups is 1. The van der Waals surface area contributed by atoms with Crippen molar-refractivity contribution in [2.45, 2.75) is 12.1 Å². The van der Waals surface area contributed by atoms with E-state index in [4.69, 9.17) is 17.3 Å². The first kappa shape index (κ1) is 13.0. The summed E-state index contributed by atoms with van der Waals surface area (Å²) >= 11 is 5.68. The van der Waals surface area contributed by atoms with Gasteiger partial charge >= 0.3 is 0 Å². The molecule has 0 spiro atoms. The molecule has 94 valence electrons. The van der Waals surface area contributed by atoms with E-state index in [1.807, 2.05) is 30.3 Å². The lowest BCUT2D eigenvalue weighted by Crippen LogP contribution is -2.19. The maximum absolute atomic E-state index is 13.0. The molecule has 0 amide bonds. The molecule has 3 N–H and O–H groups in total. The van der Waals surface area contributed by atoms with Crippen molar-refractivity contribution in [2.75, 3.05) is 0 Å². The average molecular weight is 266 g/mol. The number of rotatable bonds is 3. The van der Waals surface area contributed by atoms with Gasteiger partial charge in [0.15, 0.2) is 0 Å². The smallest absolute Gasteiger partial charge is 0.141 e. The van der Waals surface area contributed by atoms with Crippen LogP contribution in [0.1, 0.15) is 23.3 Å². The van der Waals surface area contributed by atoms with Gasteiger partial charge in [0.05, 0.1) is 17.2 Å². The first-order chi connectivity index (χ1) is 8.59. The molecular weight excluding hydrogens is 253 g/mol. The molecule has 0 saturated heterocycles. The lowest BCUT2D eigenvalue weighted by Gasteiger charge is -2.19. The van der Waals surface area contributed by atoms with E-state index in [0.29, 0.717) is 5.56 Å². The molecular formula is C14H13ClFNO. The van der Waals surface area contributed by atoms with Crippen LogP contribution >= 0.6 is 11.6 Å². The van der Waals surface area contributed by atoms with Gasteiger partial charge in [0.25, 0.3) is 0 Å². The lowest BCUT2D eigenvalue weighted by atomic mass is 9.97. The van der Waals surface area contributed by atoms with E-state index in [-0.39, 0.29) is 5.02 Å². The van der Waals surface area contributed by atoms with Gasteiger partial charge < -0.3 is 10.8 Å². The summed E-state index contributed by atoms with van der Waals surface area (Å²) in [4.78, 5) is 0. The molecule has 0 aliphatic rings. The standard InChI is InChI=1S/C14H13ClFNO/c15-11-8-10(6-7-12(11)16)14(18)13(17)9-4-2-1-3-5-9/h1-8,13-14,18H,17H2. The molecule has 2 aromatic rings. The number of hydrogen-bond acceptors (Lipinski definition) is 2. The second kappa shape index (κ2) is 5.48. The minimum Gasteiger partial charge on any atom is -0.386 e. The molecule has 2 unspecified atom stereocenters. The van der Waals surface area contributed by atoms with Gasteiger partial charge in [0, 0.05) is 0 Å². The summed E-state index contributed by atoms with van der Waals surface area (Å²) in [5, 5.41) is 10.1. The third-order valence-electron chi connectivity index (χ3n) is 2.81. The van der Waals surface area contributed by atoms with Crippen LogP contribution in [0.25, 0.3) is 0 Å². The van der Waals surface area contributed by atoms with Gasteiger partial charge in [-0.2, -0.15) is 0 Å². The molecule has 0 radical (unpaired) electrons. The molecule has 0 bridgehead atoms. The Morgan fingerprint density at radius 1 is 1.06 bits per heavy atom. The van der Waals surface area contributed by atoms with Crippen molar-refractivity contribution in [3.63, 3.8) is 0 Å². The molecule has 0 aliphatic carbocycles. The highest BCUT2D eigenvalue weighted by Gasteiger charge is 2.19. The molecule has 0 heterocycles. The van der Waals surface area contributed by atoms with Crippen LogP contribution in [0.3, 0.4) is 0 Å². The zero-order valence-electron chi connectivity index (χ0n) is 9.55. The fraction of sp³-hybridized carbons (Fsp3) is 0.143. The summed E-state index contributed by atoms with van der Waals surface area (Å²) in [6.07, 6.45) is -0.925. The Bertz CT molecular complexity index is 533. The van der Waals surface area contributed by atoms with Gasteiger partial charge in [-0.3, -0.25) is 0 Å². The number of nitrogens with two attached hydrogens (primary N) is 1. The molecule has 0 saturated carbocycles. The van der Waals surface area contributed by atoms with E-state index in [9.17, 15) is 9.50 Å². The van der Waals surface area contributed by atoms with Crippen LogP contribution in [0.4, 0.5) is 4.39 Å². The predicted molar refractivity (Wildman–Crippen MR) is 69.7 cm³/mol. The molecule has 18 heavy (non-hydrogen) atoms. The zero-order valence-corrected chi connectivity index (χ0v) is 10.3. The fourth-order valence-electron chi connectivity index (χ4n) is 1.76. The van der Waals surface area contributed by atoms with Gasteiger partial charge in [-0.15, -0.1) is 0 Å². The molecule has 2 rings (SSSR count). The first-order valence-electron chi connectivity index (χ1n) is 5.53. The molecule has 0 aromatic heterocycles. The fourth-order valence-corrected chi connectivity index (χ4v) is 1.95. The third kappa shape index (κ3) is 2.70. The van der Waals surface area contributed by atoms with Crippen LogP contribution in [0, 0.1) is 5.82 Å². The third-order valence-corrected chi connectivity index (χ3v) is 3.10. The average Bonchev–Trinajstić information content (AvgIpc) is 2.41. The van der Waals surface area contributed by atoms with Crippen LogP contribution in [0.5, 0.6) is 0 Å². The van der Waals surface area contributed by atoms with Crippen LogP contribution in [0.15, 0.2) is 48.5 Å². The number of halogens is 2. The maximum Gasteiger partial charge on any atom is 0.141 e. The summed E-state index contributed by atoms with van der Waals surface area (Å²) in [5.41, 5.74) is 7.28. The molecule has 2 atom stereocenters. The topological polar surface area (TPSA) is 46.2 Å². The number of benzene rings is 2. The van der Waals surface area contributed by atoms with Gasteiger partial charge in [-0.05, 0) is 23.3 Å². The van der Waals surface area contributed by atoms with E-state index in [1.165, 1.54) is 18.2 Å². The first-order valence-corrected chi connectivity index (χ1v) is 5.91. The van der Waals surface area contributed by atoms with Gasteiger partial charge in [0.1, 0.15) is 5.82 Å². The Kier molecular flexibility index (Phi) is 3.97. The largest absolute Gasteiger partial charge is 0.386 e. The lowest BCUT2D eigenvalue weighted by molar-refractivity contribution is 0.147. The van der Waals surface area contributed by atoms with Crippen LogP contribution in [0.2, 0.25) is 5.02 Å². The molecule has 2 nitrogen and oxygen atoms in total. The summed E-state index contributed by atoms with van der Waals surface area (Å²) in [5.74, 6) is -0.513. The zero-order chi connectivity index (χ0) is 13.1. The molecule has 0 fully saturated rings. The Morgan fingerprint density at radius 3 is 2.33 bits per heavy atom. The summed E-state index contributed by atoms with van der Waals surface area (Å²) in [7, 11) is 0. The van der Waals surface area contributed by atoms with E-state index < -0.39 is 18.0 Å². The van der Waals surface area contributed by atoms with Gasteiger partial charge in [0.2, 0.25) is 0 Å².